The van der Waals surface area contributed by atoms with Gasteiger partial charge in [0.05, 0.1) is 18.8 Å². The molecule has 1 aliphatic carbocycles. The van der Waals surface area contributed by atoms with Gasteiger partial charge in [0.2, 0.25) is 0 Å². The molecule has 0 aliphatic heterocycles. The van der Waals surface area contributed by atoms with Crippen molar-refractivity contribution in [1.29, 1.82) is 0 Å². The molecule has 0 heterocycles. The molecule has 3 N–H and O–H groups in total. The molecule has 2 rings (SSSR count). The first-order chi connectivity index (χ1) is 16.3. The van der Waals surface area contributed by atoms with E-state index in [1.54, 1.807) is 20.1 Å². The molecule has 0 bridgehead atoms. The van der Waals surface area contributed by atoms with Crippen LogP contribution in [-0.2, 0) is 27.1 Å². The van der Waals surface area contributed by atoms with Gasteiger partial charge in [-0.3, -0.25) is 9.36 Å². The average molecular weight is 495 g/mol. The van der Waals surface area contributed by atoms with Gasteiger partial charge in [0.15, 0.2) is 7.37 Å². The van der Waals surface area contributed by atoms with Gasteiger partial charge in [0, 0.05) is 37.7 Å². The van der Waals surface area contributed by atoms with Gasteiger partial charge in [0.1, 0.15) is 5.78 Å². The number of benzene rings is 1. The van der Waals surface area contributed by atoms with Crippen molar-refractivity contribution >= 4 is 13.2 Å². The van der Waals surface area contributed by atoms with Gasteiger partial charge in [0.25, 0.3) is 0 Å². The molecule has 1 aromatic rings. The number of unbranched alkanes of at least 4 members (excludes halogenated alkanes) is 3. The van der Waals surface area contributed by atoms with Gasteiger partial charge in [-0.15, -0.1) is 0 Å². The Morgan fingerprint density at radius 3 is 2.65 bits per heavy atom. The zero-order valence-corrected chi connectivity index (χ0v) is 21.7. The Bertz CT molecular complexity index is 823. The van der Waals surface area contributed by atoms with Gasteiger partial charge in [-0.1, -0.05) is 62.6 Å². The third kappa shape index (κ3) is 10.1. The summed E-state index contributed by atoms with van der Waals surface area (Å²) in [6.45, 7) is 2.33. The number of aliphatic hydroxyl groups is 2. The number of ketones is 1. The molecule has 0 aromatic heterocycles. The summed E-state index contributed by atoms with van der Waals surface area (Å²) in [5, 5.41) is 20.8. The molecule has 1 aromatic carbocycles. The van der Waals surface area contributed by atoms with E-state index in [0.29, 0.717) is 31.8 Å². The Labute approximate surface area is 204 Å². The first kappa shape index (κ1) is 28.9. The predicted octanol–water partition coefficient (Wildman–Crippen LogP) is 4.88. The lowest BCUT2D eigenvalue weighted by molar-refractivity contribution is -0.121. The Morgan fingerprint density at radius 1 is 1.18 bits per heavy atom. The normalized spacial score (nSPS) is 23.4. The Morgan fingerprint density at radius 2 is 1.91 bits per heavy atom. The smallest absolute Gasteiger partial charge is 0.200 e. The summed E-state index contributed by atoms with van der Waals surface area (Å²) >= 11 is 0. The fraction of sp³-hybridized carbons (Fsp3) is 0.667. The fourth-order valence-electron chi connectivity index (χ4n) is 4.74. The number of rotatable bonds is 16. The zero-order chi connectivity index (χ0) is 25.0. The summed E-state index contributed by atoms with van der Waals surface area (Å²) in [7, 11) is -1.26. The second-order valence-electron chi connectivity index (χ2n) is 9.61. The highest BCUT2D eigenvalue weighted by Crippen LogP contribution is 2.41. The van der Waals surface area contributed by atoms with Gasteiger partial charge in [-0.25, -0.2) is 0 Å². The zero-order valence-electron chi connectivity index (χ0n) is 20.8. The summed E-state index contributed by atoms with van der Waals surface area (Å²) in [5.74, 6) is -0.356. The van der Waals surface area contributed by atoms with Crippen LogP contribution >= 0.6 is 7.37 Å². The maximum Gasteiger partial charge on any atom is 0.200 e. The molecule has 0 amide bonds. The summed E-state index contributed by atoms with van der Waals surface area (Å²) in [5.41, 5.74) is 2.36. The van der Waals surface area contributed by atoms with Crippen LogP contribution in [0.4, 0.5) is 0 Å². The van der Waals surface area contributed by atoms with Crippen LogP contribution in [0, 0.1) is 11.8 Å². The van der Waals surface area contributed by atoms with Crippen molar-refractivity contribution in [3.8, 4) is 0 Å². The van der Waals surface area contributed by atoms with E-state index in [-0.39, 0.29) is 24.0 Å². The average Bonchev–Trinajstić information content (AvgIpc) is 3.07. The van der Waals surface area contributed by atoms with Crippen LogP contribution in [0.5, 0.6) is 0 Å². The van der Waals surface area contributed by atoms with E-state index >= 15 is 0 Å². The lowest BCUT2D eigenvalue weighted by Gasteiger charge is -2.18. The van der Waals surface area contributed by atoms with Crippen molar-refractivity contribution < 1.29 is 29.2 Å². The molecule has 1 aliphatic rings. The minimum absolute atomic E-state index is 0.0958. The predicted molar refractivity (Wildman–Crippen MR) is 136 cm³/mol. The first-order valence-electron chi connectivity index (χ1n) is 12.7. The lowest BCUT2D eigenvalue weighted by atomic mass is 9.88. The molecule has 34 heavy (non-hydrogen) atoms. The summed E-state index contributed by atoms with van der Waals surface area (Å²) in [4.78, 5) is 22.0. The Hall–Kier alpha value is -1.30. The highest BCUT2D eigenvalue weighted by atomic mass is 31.2. The third-order valence-corrected chi connectivity index (χ3v) is 8.83. The summed E-state index contributed by atoms with van der Waals surface area (Å²) in [6.07, 6.45) is 9.60. The van der Waals surface area contributed by atoms with Gasteiger partial charge >= 0.3 is 0 Å². The van der Waals surface area contributed by atoms with E-state index in [1.807, 2.05) is 18.2 Å². The lowest BCUT2D eigenvalue weighted by Crippen LogP contribution is -2.19. The minimum atomic E-state index is -2.95. The van der Waals surface area contributed by atoms with Gasteiger partial charge in [-0.2, -0.15) is 0 Å². The Kier molecular flexibility index (Phi) is 12.7. The molecular formula is C27H43O6P. The van der Waals surface area contributed by atoms with E-state index in [4.69, 9.17) is 4.74 Å². The molecule has 1 unspecified atom stereocenters. The van der Waals surface area contributed by atoms with Crippen molar-refractivity contribution in [2.45, 2.75) is 83.5 Å². The Balaban J connectivity index is 1.74. The van der Waals surface area contributed by atoms with Crippen LogP contribution in [0.3, 0.4) is 0 Å². The van der Waals surface area contributed by atoms with E-state index < -0.39 is 19.6 Å². The second kappa shape index (κ2) is 15.0. The number of carbonyl (C=O) groups excluding carboxylic acids is 1. The number of hydrogen-bond donors (Lipinski definition) is 3. The van der Waals surface area contributed by atoms with Crippen LogP contribution < -0.4 is 0 Å². The van der Waals surface area contributed by atoms with Crippen molar-refractivity contribution in [3.63, 3.8) is 0 Å². The second-order valence-corrected chi connectivity index (χ2v) is 12.4. The maximum absolute atomic E-state index is 12.4. The number of hydrogen-bond acceptors (Lipinski definition) is 5. The van der Waals surface area contributed by atoms with Crippen molar-refractivity contribution in [2.75, 3.05) is 19.4 Å². The van der Waals surface area contributed by atoms with Crippen LogP contribution in [0.2, 0.25) is 0 Å². The van der Waals surface area contributed by atoms with Crippen molar-refractivity contribution in [1.82, 2.24) is 0 Å². The molecule has 192 valence electrons. The monoisotopic (exact) mass is 494 g/mol. The maximum atomic E-state index is 12.4. The van der Waals surface area contributed by atoms with E-state index in [1.165, 1.54) is 5.56 Å². The molecule has 0 radical (unpaired) electrons. The standard InChI is InChI=1S/C27H43O6P/c1-3-34(31,32)17-7-5-4-6-14-24-25(27(30)19-26(24)29)16-15-23(28)13-9-11-21-10-8-12-22(18-21)20-33-2/h8,10,12,15-16,18,23-25,27-28,30H,3-7,9,11,13-14,17,19-20H2,1-2H3,(H,31,32)/b16-15+/t23-,24+,25+,27+/m0/s1. The topological polar surface area (TPSA) is 104 Å². The van der Waals surface area contributed by atoms with Gasteiger partial charge < -0.3 is 19.8 Å². The number of aliphatic hydroxyl groups excluding tert-OH is 2. The van der Waals surface area contributed by atoms with Crippen LogP contribution in [0.15, 0.2) is 36.4 Å². The quantitative estimate of drug-likeness (QED) is 0.172. The summed E-state index contributed by atoms with van der Waals surface area (Å²) < 4.78 is 16.9. The van der Waals surface area contributed by atoms with Gasteiger partial charge in [-0.05, 0) is 43.2 Å². The third-order valence-electron chi connectivity index (χ3n) is 6.82. The number of aryl methyl sites for hydroxylation is 1. The molecule has 1 fully saturated rings. The van der Waals surface area contributed by atoms with Crippen molar-refractivity contribution in [2.24, 2.45) is 11.8 Å². The van der Waals surface area contributed by atoms with Crippen LogP contribution in [0.1, 0.15) is 69.4 Å². The number of carbonyl (C=O) groups is 1. The fourth-order valence-corrected chi connectivity index (χ4v) is 5.77. The molecular weight excluding hydrogens is 451 g/mol. The first-order valence-corrected chi connectivity index (χ1v) is 14.7. The van der Waals surface area contributed by atoms with E-state index in [0.717, 1.165) is 44.1 Å². The molecule has 6 nitrogen and oxygen atoms in total. The van der Waals surface area contributed by atoms with E-state index in [2.05, 4.69) is 12.1 Å². The minimum Gasteiger partial charge on any atom is -0.392 e. The highest BCUT2D eigenvalue weighted by molar-refractivity contribution is 7.57. The van der Waals surface area contributed by atoms with E-state index in [9.17, 15) is 24.5 Å². The molecule has 0 saturated heterocycles. The van der Waals surface area contributed by atoms with Crippen LogP contribution in [-0.4, -0.2) is 52.5 Å². The number of methoxy groups -OCH3 is 1. The molecule has 1 saturated carbocycles. The van der Waals surface area contributed by atoms with Crippen LogP contribution in [0.25, 0.3) is 0 Å². The SMILES string of the molecule is CCP(=O)(O)CCCCCC[C@H]1C(=O)C[C@@H](O)[C@@H]1/C=C/[C@@H](O)CCCc1cccc(COC)c1. The largest absolute Gasteiger partial charge is 0.392 e. The molecule has 0 spiro atoms. The highest BCUT2D eigenvalue weighted by Gasteiger charge is 2.39. The number of Topliss-reactive ketones (excluding diaryl/α,β-unsaturated/α-hetero) is 1. The molecule has 5 atom stereocenters. The van der Waals surface area contributed by atoms with Crippen molar-refractivity contribution in [3.05, 3.63) is 47.5 Å². The number of ether oxygens (including phenoxy) is 1. The summed E-state index contributed by atoms with van der Waals surface area (Å²) in [6, 6.07) is 8.27. The molecule has 7 heteroatoms.